The maximum atomic E-state index is 15.1. The first-order valence-corrected chi connectivity index (χ1v) is 64.4. The van der Waals surface area contributed by atoms with Crippen LogP contribution >= 0.6 is 0 Å². The summed E-state index contributed by atoms with van der Waals surface area (Å²) in [6, 6.07) is 0. The zero-order chi connectivity index (χ0) is 108. The van der Waals surface area contributed by atoms with Crippen LogP contribution in [-0.4, -0.2) is 120 Å². The van der Waals surface area contributed by atoms with Crippen molar-refractivity contribution >= 4 is 29.8 Å². The first-order chi connectivity index (χ1) is 71.7. The molecule has 868 valence electrons. The molecule has 2 rings (SSSR count). The van der Waals surface area contributed by atoms with Crippen LogP contribution in [0.4, 0.5) is 0 Å². The van der Waals surface area contributed by atoms with Crippen molar-refractivity contribution in [3.05, 3.63) is 46.6 Å². The Morgan fingerprint density at radius 3 is 0.709 bits per heavy atom. The molecule has 0 aromatic heterocycles. The van der Waals surface area contributed by atoms with Gasteiger partial charge in [0.25, 0.3) is 0 Å². The first kappa shape index (κ1) is 140. The maximum Gasteiger partial charge on any atom is 0.333 e. The molecule has 4 unspecified atom stereocenters. The second kappa shape index (κ2) is 96.4. The fourth-order valence-electron chi connectivity index (χ4n) is 23.1. The Kier molecular flexibility index (Phi) is 91.3. The Hall–Kier alpha value is -3.93. The summed E-state index contributed by atoms with van der Waals surface area (Å²) < 4.78 is 52.3. The lowest BCUT2D eigenvalue weighted by Gasteiger charge is -2.47. The van der Waals surface area contributed by atoms with Crippen molar-refractivity contribution in [1.29, 1.82) is 0 Å². The van der Waals surface area contributed by atoms with E-state index in [9.17, 15) is 29.7 Å². The number of hydrogen-bond donors (Lipinski definition) is 3. The lowest BCUT2D eigenvalue weighted by atomic mass is 9.91. The van der Waals surface area contributed by atoms with Crippen LogP contribution in [0.25, 0.3) is 0 Å². The summed E-state index contributed by atoms with van der Waals surface area (Å²) in [5.74, 6) is -2.17. The van der Waals surface area contributed by atoms with Gasteiger partial charge in [-0.3, -0.25) is 4.79 Å². The molecule has 2 heterocycles. The molecule has 2 aliphatic heterocycles. The molecular formula is C132H244O16. The van der Waals surface area contributed by atoms with Gasteiger partial charge in [0.15, 0.2) is 24.4 Å². The molecule has 0 radical (unpaired) electrons. The Balaban J connectivity index is 2.70. The summed E-state index contributed by atoms with van der Waals surface area (Å²) in [6.45, 7) is 34.2. The highest BCUT2D eigenvalue weighted by Crippen LogP contribution is 2.37. The van der Waals surface area contributed by atoms with Crippen LogP contribution in [0.1, 0.15) is 644 Å². The molecule has 0 amide bonds. The number of carbonyl (C=O) groups is 5. The van der Waals surface area contributed by atoms with Gasteiger partial charge in [-0.05, 0) is 107 Å². The average Bonchev–Trinajstić information content (AvgIpc) is 0.768. The molecule has 0 aliphatic carbocycles. The lowest BCUT2D eigenvalue weighted by molar-refractivity contribution is -0.377. The van der Waals surface area contributed by atoms with Crippen molar-refractivity contribution in [2.45, 2.75) is 706 Å². The third-order valence-corrected chi connectivity index (χ3v) is 32.3. The Morgan fingerprint density at radius 2 is 0.459 bits per heavy atom. The Labute approximate surface area is 914 Å². The standard InChI is InChI=1S/C132H244O16/c1-18-23-28-33-38-43-48-53-57-59-64-68-73-78-82-87-92-107(7)97-111(11)101-115(15)128(138)145-123-118(104-133)142-131(125(122(123)136)147-130(140)117(17)103-113(13)99-109(9)94-89-84-77-72-67-63-56-51-46-41-36-31-26-21-4)148-132-126(144-120(134)95-90-85-80-75-70-61-52-47-42-37-32-27-22-5)124(146-129(139)116(16)102-112(12)98-108(8)93-88-83-79-74-69-65-60-58-54-49-44-39-34-29-24-19-2)121(135)119(143-132)105-141-127(137)114(14)100-110(10)96-106(6)91-86-81-76-71-66-62-55-50-45-40-35-30-25-20-3/h100-103,106-113,118-119,121-126,131-133,135-136H,18-99,104-105H2,1-17H3/b114-100+,115-101+,116-102+,117-103+/t106-,107-,108-,109-,110-,111-,112-,113-,118?,119?,121+,122?,123+,124?,125-,126+,131+,132+/m0/s1. The summed E-state index contributed by atoms with van der Waals surface area (Å²) in [7, 11) is 0. The van der Waals surface area contributed by atoms with Crippen molar-refractivity contribution in [3.8, 4) is 0 Å². The van der Waals surface area contributed by atoms with Gasteiger partial charge in [-0.1, -0.05) is 602 Å². The molecule has 18 atom stereocenters. The molecule has 16 nitrogen and oxygen atoms in total. The Morgan fingerprint density at radius 1 is 0.250 bits per heavy atom. The normalized spacial score (nSPS) is 20.2. The minimum Gasteiger partial charge on any atom is -0.459 e. The summed E-state index contributed by atoms with van der Waals surface area (Å²) in [5, 5.41) is 37.5. The van der Waals surface area contributed by atoms with Gasteiger partial charge in [0.05, 0.1) is 6.61 Å². The number of allylic oxidation sites excluding steroid dienone is 4. The largest absolute Gasteiger partial charge is 0.459 e. The molecule has 0 aromatic carbocycles. The van der Waals surface area contributed by atoms with Crippen LogP contribution in [0.2, 0.25) is 0 Å². The molecule has 2 fully saturated rings. The van der Waals surface area contributed by atoms with E-state index in [1.165, 1.54) is 411 Å². The molecule has 16 heteroatoms. The van der Waals surface area contributed by atoms with E-state index >= 15 is 9.59 Å². The summed E-state index contributed by atoms with van der Waals surface area (Å²) in [4.78, 5) is 74.1. The van der Waals surface area contributed by atoms with Crippen LogP contribution < -0.4 is 0 Å². The van der Waals surface area contributed by atoms with Crippen molar-refractivity contribution in [2.24, 2.45) is 47.3 Å². The number of esters is 5. The predicted molar refractivity (Wildman–Crippen MR) is 623 cm³/mol. The number of rotatable bonds is 103. The number of ether oxygens (including phenoxy) is 8. The average molecular weight is 2090 g/mol. The minimum atomic E-state index is -1.92. The molecule has 0 spiro atoms. The van der Waals surface area contributed by atoms with Crippen LogP contribution in [0.15, 0.2) is 46.6 Å². The molecule has 0 aromatic rings. The second-order valence-electron chi connectivity index (χ2n) is 48.2. The van der Waals surface area contributed by atoms with Crippen LogP contribution in [0.3, 0.4) is 0 Å². The molecule has 2 saturated heterocycles. The number of carbonyl (C=O) groups excluding carboxylic acids is 5. The monoisotopic (exact) mass is 2090 g/mol. The van der Waals surface area contributed by atoms with E-state index in [1.54, 1.807) is 27.7 Å². The Bertz CT molecular complexity index is 3230. The van der Waals surface area contributed by atoms with E-state index in [-0.39, 0.29) is 41.2 Å². The number of unbranched alkanes of at least 4 members (excludes halogenated alkanes) is 68. The fraction of sp³-hybridized carbons (Fsp3) is 0.902. The highest BCUT2D eigenvalue weighted by molar-refractivity contribution is 5.89. The third-order valence-electron chi connectivity index (χ3n) is 32.3. The van der Waals surface area contributed by atoms with E-state index < -0.39 is 104 Å². The number of hydrogen-bond acceptors (Lipinski definition) is 16. The van der Waals surface area contributed by atoms with Crippen molar-refractivity contribution < 1.29 is 77.2 Å². The van der Waals surface area contributed by atoms with Gasteiger partial charge in [-0.15, -0.1) is 0 Å². The molecule has 0 bridgehead atoms. The zero-order valence-corrected chi connectivity index (χ0v) is 100. The van der Waals surface area contributed by atoms with Crippen molar-refractivity contribution in [1.82, 2.24) is 0 Å². The molecule has 2 aliphatic rings. The lowest BCUT2D eigenvalue weighted by Crippen LogP contribution is -2.66. The number of aliphatic hydroxyl groups excluding tert-OH is 3. The molecule has 3 N–H and O–H groups in total. The fourth-order valence-corrected chi connectivity index (χ4v) is 23.1. The van der Waals surface area contributed by atoms with Crippen LogP contribution in [-0.2, 0) is 61.9 Å². The summed E-state index contributed by atoms with van der Waals surface area (Å²) in [6.07, 6.45) is 90.9. The van der Waals surface area contributed by atoms with E-state index in [0.717, 1.165) is 103 Å². The van der Waals surface area contributed by atoms with E-state index in [2.05, 4.69) is 90.0 Å². The van der Waals surface area contributed by atoms with Gasteiger partial charge in [-0.2, -0.15) is 0 Å². The quantitative estimate of drug-likeness (QED) is 0.0223. The third kappa shape index (κ3) is 75.1. The number of aliphatic hydroxyl groups is 3. The van der Waals surface area contributed by atoms with E-state index in [4.69, 9.17) is 37.9 Å². The highest BCUT2D eigenvalue weighted by atomic mass is 16.8. The second-order valence-corrected chi connectivity index (χ2v) is 48.2. The van der Waals surface area contributed by atoms with Gasteiger partial charge >= 0.3 is 29.8 Å². The minimum absolute atomic E-state index is 0.00158. The van der Waals surface area contributed by atoms with Gasteiger partial charge < -0.3 is 53.2 Å². The van der Waals surface area contributed by atoms with E-state index in [0.29, 0.717) is 41.2 Å². The van der Waals surface area contributed by atoms with Gasteiger partial charge in [0.2, 0.25) is 12.6 Å². The smallest absolute Gasteiger partial charge is 0.333 e. The predicted octanol–water partition coefficient (Wildman–Crippen LogP) is 38.3. The van der Waals surface area contributed by atoms with Gasteiger partial charge in [-0.25, -0.2) is 19.2 Å². The highest BCUT2D eigenvalue weighted by Gasteiger charge is 2.56. The van der Waals surface area contributed by atoms with Gasteiger partial charge in [0, 0.05) is 28.7 Å². The summed E-state index contributed by atoms with van der Waals surface area (Å²) in [5.41, 5.74) is 1.18. The zero-order valence-electron chi connectivity index (χ0n) is 100. The van der Waals surface area contributed by atoms with Crippen LogP contribution in [0, 0.1) is 47.3 Å². The van der Waals surface area contributed by atoms with Crippen molar-refractivity contribution in [3.63, 3.8) is 0 Å². The van der Waals surface area contributed by atoms with Crippen LogP contribution in [0.5, 0.6) is 0 Å². The molecule has 0 saturated carbocycles. The SMILES string of the molecule is CCCCCCCCCCCCCCCCCC[C@H](C)C[C@H](C)/C=C(\C)C(=O)OC1[C@H](O)C(COC(=O)/C(C)=C/[C@@H](C)C[C@@H](C)CCCCCCCCCCCCCCCC)O[C@H](O[C@H]2OC(CO)[C@@H](OC(=O)/C(C)=C/[C@@H](C)C[C@@H](C)CCCCCCCCCCCCCCCCCC)C(O)[C@@H]2OC(=O)/C(C)=C/[C@@H](C)C[C@@H](C)CCCCCCCCCCCCCCCC)[C@@H]1OC(=O)CCCCCCCCCCCCCCC. The van der Waals surface area contributed by atoms with Gasteiger partial charge in [0.1, 0.15) is 31.0 Å². The maximum absolute atomic E-state index is 15.1. The first-order valence-electron chi connectivity index (χ1n) is 64.4. The topological polar surface area (TPSA) is 220 Å². The van der Waals surface area contributed by atoms with Crippen molar-refractivity contribution in [2.75, 3.05) is 13.2 Å². The molecular weight excluding hydrogens is 1840 g/mol. The molecule has 148 heavy (non-hydrogen) atoms. The van der Waals surface area contributed by atoms with E-state index in [1.807, 2.05) is 24.3 Å². The summed E-state index contributed by atoms with van der Waals surface area (Å²) >= 11 is 0.